The van der Waals surface area contributed by atoms with Crippen LogP contribution in [0.2, 0.25) is 0 Å². The maximum Gasteiger partial charge on any atom is 0.252 e. The molecular weight excluding hydrogens is 402 g/mol. The Morgan fingerprint density at radius 1 is 1.10 bits per heavy atom. The van der Waals surface area contributed by atoms with Crippen LogP contribution in [0.15, 0.2) is 35.7 Å². The third-order valence-corrected chi connectivity index (χ3v) is 5.79. The maximum atomic E-state index is 12.9. The van der Waals surface area contributed by atoms with Gasteiger partial charge in [0.1, 0.15) is 17.5 Å². The molecule has 1 heterocycles. The fraction of sp³-hybridized carbons (Fsp3) is 0.455. The molecule has 30 heavy (non-hydrogen) atoms. The smallest absolute Gasteiger partial charge is 0.252 e. The van der Waals surface area contributed by atoms with Crippen molar-refractivity contribution in [2.75, 3.05) is 34.9 Å². The average Bonchev–Trinajstić information content (AvgIpc) is 3.25. The lowest BCUT2D eigenvalue weighted by molar-refractivity contribution is -0.124. The number of carbonyl (C=O) groups is 2. The molecule has 0 saturated carbocycles. The highest BCUT2D eigenvalue weighted by Gasteiger charge is 2.26. The Bertz CT molecular complexity index is 815. The Morgan fingerprint density at radius 3 is 2.20 bits per heavy atom. The van der Waals surface area contributed by atoms with E-state index in [1.54, 1.807) is 29.5 Å². The molecule has 0 fully saturated rings. The van der Waals surface area contributed by atoms with Gasteiger partial charge >= 0.3 is 0 Å². The Balaban J connectivity index is 2.09. The van der Waals surface area contributed by atoms with E-state index in [0.717, 1.165) is 0 Å². The molecule has 0 radical (unpaired) electrons. The van der Waals surface area contributed by atoms with Crippen LogP contribution >= 0.6 is 11.3 Å². The average molecular weight is 434 g/mol. The summed E-state index contributed by atoms with van der Waals surface area (Å²) in [6.45, 7) is 4.26. The van der Waals surface area contributed by atoms with Crippen molar-refractivity contribution < 1.29 is 19.1 Å². The van der Waals surface area contributed by atoms with Crippen molar-refractivity contribution >= 4 is 23.2 Å². The summed E-state index contributed by atoms with van der Waals surface area (Å²) in [6.07, 6.45) is 0. The molecule has 2 aromatic rings. The van der Waals surface area contributed by atoms with Gasteiger partial charge in [0.25, 0.3) is 5.91 Å². The van der Waals surface area contributed by atoms with Crippen LogP contribution in [0.4, 0.5) is 0 Å². The second-order valence-corrected chi connectivity index (χ2v) is 8.52. The molecule has 0 aliphatic rings. The zero-order valence-electron chi connectivity index (χ0n) is 18.4. The summed E-state index contributed by atoms with van der Waals surface area (Å²) in [5.74, 6) is 0.366. The summed E-state index contributed by atoms with van der Waals surface area (Å²) in [7, 11) is 7.01. The Hall–Kier alpha value is -2.58. The number of carbonyl (C=O) groups excluding carboxylic acids is 2. The molecule has 0 aliphatic carbocycles. The minimum absolute atomic E-state index is 0.0695. The van der Waals surface area contributed by atoms with Gasteiger partial charge in [-0.05, 0) is 43.6 Å². The molecule has 2 atom stereocenters. The molecule has 2 N–H and O–H groups in total. The van der Waals surface area contributed by atoms with Gasteiger partial charge in [-0.1, -0.05) is 19.9 Å². The number of rotatable bonds is 10. The van der Waals surface area contributed by atoms with Crippen molar-refractivity contribution in [3.05, 3.63) is 46.2 Å². The van der Waals surface area contributed by atoms with Gasteiger partial charge in [0, 0.05) is 23.1 Å². The highest BCUT2D eigenvalue weighted by atomic mass is 32.1. The van der Waals surface area contributed by atoms with Gasteiger partial charge in [-0.15, -0.1) is 11.3 Å². The lowest BCUT2D eigenvalue weighted by atomic mass is 10.0. The summed E-state index contributed by atoms with van der Waals surface area (Å²) in [5.41, 5.74) is 0.370. The van der Waals surface area contributed by atoms with Crippen molar-refractivity contribution in [1.29, 1.82) is 0 Å². The zero-order valence-corrected chi connectivity index (χ0v) is 19.2. The molecule has 2 unspecified atom stereocenters. The van der Waals surface area contributed by atoms with E-state index in [1.165, 1.54) is 19.1 Å². The van der Waals surface area contributed by atoms with Crippen LogP contribution in [0.3, 0.4) is 0 Å². The topological polar surface area (TPSA) is 79.9 Å². The van der Waals surface area contributed by atoms with Gasteiger partial charge in [0.15, 0.2) is 0 Å². The number of nitrogens with zero attached hydrogens (tertiary/aromatic N) is 1. The monoisotopic (exact) mass is 433 g/mol. The standard InChI is InChI=1S/C22H31N3O4S/c1-14(2)20(22(27)23-13-18(25(3)4)19-8-7-9-30-19)24-21(26)15-10-16(28-5)12-17(11-15)29-6/h7-12,14,18,20H,13H2,1-6H3,(H,23,27)(H,24,26). The first-order valence-corrected chi connectivity index (χ1v) is 10.7. The number of hydrogen-bond acceptors (Lipinski definition) is 6. The number of hydrogen-bond donors (Lipinski definition) is 2. The van der Waals surface area contributed by atoms with Crippen molar-refractivity contribution in [1.82, 2.24) is 15.5 Å². The zero-order chi connectivity index (χ0) is 22.3. The van der Waals surface area contributed by atoms with E-state index in [2.05, 4.69) is 21.6 Å². The minimum Gasteiger partial charge on any atom is -0.497 e. The minimum atomic E-state index is -0.666. The van der Waals surface area contributed by atoms with Crippen LogP contribution < -0.4 is 20.1 Å². The predicted molar refractivity (Wildman–Crippen MR) is 119 cm³/mol. The molecule has 164 valence electrons. The van der Waals surface area contributed by atoms with Gasteiger partial charge < -0.3 is 25.0 Å². The van der Waals surface area contributed by atoms with Crippen molar-refractivity contribution in [2.24, 2.45) is 5.92 Å². The normalized spacial score (nSPS) is 13.1. The summed E-state index contributed by atoms with van der Waals surface area (Å²) in [6, 6.07) is 8.38. The number of thiophene rings is 1. The van der Waals surface area contributed by atoms with Gasteiger partial charge in [-0.3, -0.25) is 9.59 Å². The molecule has 7 nitrogen and oxygen atoms in total. The first kappa shape index (κ1) is 23.7. The van der Waals surface area contributed by atoms with Gasteiger partial charge in [0.05, 0.1) is 20.3 Å². The highest BCUT2D eigenvalue weighted by molar-refractivity contribution is 7.10. The molecule has 0 aliphatic heterocycles. The second-order valence-electron chi connectivity index (χ2n) is 7.54. The van der Waals surface area contributed by atoms with E-state index >= 15 is 0 Å². The fourth-order valence-corrected chi connectivity index (χ4v) is 3.95. The van der Waals surface area contributed by atoms with Crippen LogP contribution in [0, 0.1) is 5.92 Å². The summed E-state index contributed by atoms with van der Waals surface area (Å²) in [4.78, 5) is 29.0. The molecule has 1 aromatic heterocycles. The molecule has 0 saturated heterocycles. The van der Waals surface area contributed by atoms with Gasteiger partial charge in [-0.2, -0.15) is 0 Å². The molecule has 0 bridgehead atoms. The van der Waals surface area contributed by atoms with E-state index in [-0.39, 0.29) is 23.8 Å². The summed E-state index contributed by atoms with van der Waals surface area (Å²) < 4.78 is 10.5. The maximum absolute atomic E-state index is 12.9. The predicted octanol–water partition coefficient (Wildman–Crippen LogP) is 2.94. The lowest BCUT2D eigenvalue weighted by Crippen LogP contribution is -2.51. The Kier molecular flexibility index (Phi) is 8.68. The Labute approximate surface area is 182 Å². The molecule has 2 rings (SSSR count). The number of amides is 2. The number of methoxy groups -OCH3 is 2. The summed E-state index contributed by atoms with van der Waals surface area (Å²) in [5, 5.41) is 7.87. The lowest BCUT2D eigenvalue weighted by Gasteiger charge is -2.26. The quantitative estimate of drug-likeness (QED) is 0.602. The van der Waals surface area contributed by atoms with E-state index in [0.29, 0.717) is 23.6 Å². The third kappa shape index (κ3) is 6.21. The van der Waals surface area contributed by atoms with Crippen molar-refractivity contribution in [3.63, 3.8) is 0 Å². The molecule has 8 heteroatoms. The summed E-state index contributed by atoms with van der Waals surface area (Å²) >= 11 is 1.65. The van der Waals surface area contributed by atoms with E-state index < -0.39 is 6.04 Å². The van der Waals surface area contributed by atoms with Gasteiger partial charge in [-0.25, -0.2) is 0 Å². The number of likely N-dealkylation sites (N-methyl/N-ethyl adjacent to an activating group) is 1. The second kappa shape index (κ2) is 11.0. The molecule has 1 aromatic carbocycles. The molecule has 0 spiro atoms. The number of benzene rings is 1. The van der Waals surface area contributed by atoms with E-state index in [1.807, 2.05) is 39.4 Å². The van der Waals surface area contributed by atoms with Crippen molar-refractivity contribution in [3.8, 4) is 11.5 Å². The van der Waals surface area contributed by atoms with Crippen LogP contribution in [-0.2, 0) is 4.79 Å². The van der Waals surface area contributed by atoms with E-state index in [4.69, 9.17) is 9.47 Å². The number of nitrogens with one attached hydrogen (secondary N) is 2. The fourth-order valence-electron chi connectivity index (χ4n) is 3.02. The van der Waals surface area contributed by atoms with E-state index in [9.17, 15) is 9.59 Å². The van der Waals surface area contributed by atoms with Gasteiger partial charge in [0.2, 0.25) is 5.91 Å². The number of ether oxygens (including phenoxy) is 2. The first-order chi connectivity index (χ1) is 14.3. The highest BCUT2D eigenvalue weighted by Crippen LogP contribution is 2.23. The molecule has 2 amide bonds. The van der Waals surface area contributed by atoms with Crippen LogP contribution in [0.25, 0.3) is 0 Å². The first-order valence-electron chi connectivity index (χ1n) is 9.78. The van der Waals surface area contributed by atoms with Crippen LogP contribution in [0.1, 0.15) is 35.1 Å². The van der Waals surface area contributed by atoms with Crippen molar-refractivity contribution in [2.45, 2.75) is 25.9 Å². The third-order valence-electron chi connectivity index (χ3n) is 4.81. The van der Waals surface area contributed by atoms with Crippen LogP contribution in [-0.4, -0.2) is 57.6 Å². The SMILES string of the molecule is COc1cc(OC)cc(C(=O)NC(C(=O)NCC(c2cccs2)N(C)C)C(C)C)c1. The Morgan fingerprint density at radius 2 is 1.73 bits per heavy atom. The van der Waals surface area contributed by atoms with Crippen LogP contribution in [0.5, 0.6) is 11.5 Å². The largest absolute Gasteiger partial charge is 0.497 e. The molecular formula is C22H31N3O4S.